The first-order valence-electron chi connectivity index (χ1n) is 5.49. The summed E-state index contributed by atoms with van der Waals surface area (Å²) in [6.07, 6.45) is 16.4. The van der Waals surface area contributed by atoms with E-state index in [1.54, 1.807) is 7.06 Å². The molecule has 2 aliphatic carbocycles. The van der Waals surface area contributed by atoms with E-state index in [0.717, 1.165) is 19.2 Å². The lowest BCUT2D eigenvalue weighted by Gasteiger charge is -2.20. The van der Waals surface area contributed by atoms with Crippen molar-refractivity contribution in [2.75, 3.05) is 0 Å². The lowest BCUT2D eigenvalue weighted by Crippen LogP contribution is -2.13. The predicted molar refractivity (Wildman–Crippen MR) is 69.2 cm³/mol. The highest BCUT2D eigenvalue weighted by atomic mass is 14.2. The zero-order chi connectivity index (χ0) is 10.5. The van der Waals surface area contributed by atoms with Gasteiger partial charge in [-0.2, -0.15) is 0 Å². The van der Waals surface area contributed by atoms with E-state index < -0.39 is 0 Å². The normalized spacial score (nSPS) is 18.2. The second kappa shape index (κ2) is 5.30. The summed E-state index contributed by atoms with van der Waals surface area (Å²) in [4.78, 5) is 0. The van der Waals surface area contributed by atoms with Crippen LogP contribution in [0.15, 0.2) is 47.6 Å². The van der Waals surface area contributed by atoms with Gasteiger partial charge in [-0.25, -0.2) is 0 Å². The Labute approximate surface area is 95.1 Å². The molecule has 0 nitrogen and oxygen atoms in total. The quantitative estimate of drug-likeness (QED) is 0.582. The first-order valence-corrected chi connectivity index (χ1v) is 5.49. The van der Waals surface area contributed by atoms with E-state index in [2.05, 4.69) is 43.6 Å². The molecule has 70 valence electrons. The van der Waals surface area contributed by atoms with Crippen LogP contribution in [0.4, 0.5) is 0 Å². The van der Waals surface area contributed by atoms with Crippen LogP contribution in [0.1, 0.15) is 12.8 Å². The number of rotatable bonds is 5. The van der Waals surface area contributed by atoms with Gasteiger partial charge < -0.3 is 0 Å². The highest BCUT2D eigenvalue weighted by Gasteiger charge is 2.19. The van der Waals surface area contributed by atoms with Crippen molar-refractivity contribution >= 4 is 22.0 Å². The lowest BCUT2D eigenvalue weighted by atomic mass is 9.26. The van der Waals surface area contributed by atoms with Crippen LogP contribution in [0.2, 0.25) is 6.32 Å². The van der Waals surface area contributed by atoms with Gasteiger partial charge in [0.1, 0.15) is 0 Å². The summed E-state index contributed by atoms with van der Waals surface area (Å²) < 4.78 is 0. The Hall–Kier alpha value is -0.845. The van der Waals surface area contributed by atoms with E-state index in [-0.39, 0.29) is 0 Å². The van der Waals surface area contributed by atoms with E-state index in [4.69, 9.17) is 7.74 Å². The topological polar surface area (TPSA) is 0 Å². The van der Waals surface area contributed by atoms with Gasteiger partial charge in [0.05, 0.1) is 7.17 Å². The summed E-state index contributed by atoms with van der Waals surface area (Å²) in [5.74, 6) is 0.551. The minimum Gasteiger partial charge on any atom is -0.0804 e. The van der Waals surface area contributed by atoms with Crippen molar-refractivity contribution < 1.29 is 0 Å². The molecule has 0 saturated heterocycles. The molecule has 4 radical (unpaired) electrons. The average Bonchev–Trinajstić information content (AvgIpc) is 2.90. The molecule has 15 heavy (non-hydrogen) atoms. The molecule has 0 spiro atoms. The fraction of sp³-hybridized carbons (Fsp3) is 0.333. The number of allylic oxidation sites excluding steroid dienone is 8. The third-order valence-electron chi connectivity index (χ3n) is 3.00. The molecule has 0 aliphatic heterocycles. The Morgan fingerprint density at radius 2 is 1.73 bits per heavy atom. The molecule has 3 heteroatoms. The molecule has 0 fully saturated rings. The maximum absolute atomic E-state index is 5.42. The SMILES string of the molecule is [B][B][B]CC(C1=CC=CC1)C1=CC=CC1. The van der Waals surface area contributed by atoms with Crippen LogP contribution in [0.25, 0.3) is 0 Å². The second-order valence-electron chi connectivity index (χ2n) is 3.96. The molecular formula is C12H13B3. The van der Waals surface area contributed by atoms with Crippen molar-refractivity contribution in [3.63, 3.8) is 0 Å². The molecule has 0 saturated carbocycles. The lowest BCUT2D eigenvalue weighted by molar-refractivity contribution is 0.765. The predicted octanol–water partition coefficient (Wildman–Crippen LogP) is 2.20. The van der Waals surface area contributed by atoms with Crippen LogP contribution in [-0.4, -0.2) is 22.0 Å². The van der Waals surface area contributed by atoms with Gasteiger partial charge in [0.15, 0.2) is 0 Å². The van der Waals surface area contributed by atoms with Gasteiger partial charge in [-0.15, -0.1) is 0 Å². The molecule has 0 unspecified atom stereocenters. The molecule has 0 aromatic heterocycles. The number of hydrogen-bond acceptors (Lipinski definition) is 0. The second-order valence-corrected chi connectivity index (χ2v) is 3.96. The highest BCUT2D eigenvalue weighted by molar-refractivity contribution is 7.23. The molecule has 2 aliphatic rings. The van der Waals surface area contributed by atoms with Gasteiger partial charge in [0.2, 0.25) is 0 Å². The Bertz CT molecular complexity index is 307. The third-order valence-corrected chi connectivity index (χ3v) is 3.00. The average molecular weight is 190 g/mol. The molecule has 0 bridgehead atoms. The van der Waals surface area contributed by atoms with Gasteiger partial charge in [0, 0.05) is 14.8 Å². The van der Waals surface area contributed by atoms with Gasteiger partial charge in [0.25, 0.3) is 0 Å². The first-order chi connectivity index (χ1) is 7.42. The fourth-order valence-electron chi connectivity index (χ4n) is 2.20. The molecule has 0 atom stereocenters. The zero-order valence-corrected chi connectivity index (χ0v) is 8.89. The van der Waals surface area contributed by atoms with E-state index >= 15 is 0 Å². The zero-order valence-electron chi connectivity index (χ0n) is 8.89. The maximum Gasteiger partial charge on any atom is 0.0556 e. The third kappa shape index (κ3) is 2.59. The minimum absolute atomic E-state index is 0.551. The molecule has 0 N–H and O–H groups in total. The highest BCUT2D eigenvalue weighted by Crippen LogP contribution is 2.33. The van der Waals surface area contributed by atoms with Crippen molar-refractivity contribution in [3.05, 3.63) is 47.6 Å². The van der Waals surface area contributed by atoms with Crippen molar-refractivity contribution in [2.24, 2.45) is 5.92 Å². The minimum atomic E-state index is 0.551. The smallest absolute Gasteiger partial charge is 0.0556 e. The van der Waals surface area contributed by atoms with E-state index in [0.29, 0.717) is 5.92 Å². The first kappa shape index (κ1) is 10.7. The molecule has 0 aromatic rings. The summed E-state index contributed by atoms with van der Waals surface area (Å²) in [5.41, 5.74) is 3.03. The Morgan fingerprint density at radius 1 is 1.13 bits per heavy atom. The monoisotopic (exact) mass is 190 g/mol. The van der Waals surface area contributed by atoms with Gasteiger partial charge in [-0.05, 0) is 18.8 Å². The molecule has 0 aromatic carbocycles. The largest absolute Gasteiger partial charge is 0.0804 e. The van der Waals surface area contributed by atoms with Crippen molar-refractivity contribution in [1.82, 2.24) is 0 Å². The van der Waals surface area contributed by atoms with Crippen LogP contribution in [0.3, 0.4) is 0 Å². The van der Waals surface area contributed by atoms with Crippen molar-refractivity contribution in [1.29, 1.82) is 0 Å². The maximum atomic E-state index is 5.42. The van der Waals surface area contributed by atoms with Crippen LogP contribution in [0.5, 0.6) is 0 Å². The Morgan fingerprint density at radius 3 is 2.13 bits per heavy atom. The summed E-state index contributed by atoms with van der Waals surface area (Å²) in [6, 6.07) is 0. The molecule has 0 amide bonds. The van der Waals surface area contributed by atoms with E-state index in [1.807, 2.05) is 0 Å². The fourth-order valence-corrected chi connectivity index (χ4v) is 2.20. The van der Waals surface area contributed by atoms with Crippen molar-refractivity contribution in [2.45, 2.75) is 19.2 Å². The Kier molecular flexibility index (Phi) is 3.77. The van der Waals surface area contributed by atoms with E-state index in [1.165, 1.54) is 11.1 Å². The Balaban J connectivity index is 2.02. The van der Waals surface area contributed by atoms with Crippen molar-refractivity contribution in [3.8, 4) is 0 Å². The van der Waals surface area contributed by atoms with Crippen LogP contribution < -0.4 is 0 Å². The number of hydrogen-bond donors (Lipinski definition) is 0. The molecular weight excluding hydrogens is 177 g/mol. The van der Waals surface area contributed by atoms with Crippen LogP contribution in [0, 0.1) is 5.92 Å². The summed E-state index contributed by atoms with van der Waals surface area (Å²) in [7, 11) is 9.13. The van der Waals surface area contributed by atoms with Gasteiger partial charge >= 0.3 is 0 Å². The summed E-state index contributed by atoms with van der Waals surface area (Å²) >= 11 is 0. The van der Waals surface area contributed by atoms with Gasteiger partial charge in [-0.1, -0.05) is 53.9 Å². The van der Waals surface area contributed by atoms with E-state index in [9.17, 15) is 0 Å². The summed E-state index contributed by atoms with van der Waals surface area (Å²) in [5, 5.41) is 0. The molecule has 0 heterocycles. The summed E-state index contributed by atoms with van der Waals surface area (Å²) in [6.45, 7) is 0. The van der Waals surface area contributed by atoms with Gasteiger partial charge in [-0.3, -0.25) is 0 Å². The standard InChI is InChI=1S/C12H13B3/c13-15-14-9-12(10-5-1-2-6-10)11-7-3-4-8-11/h1-5,7,12H,6,8-9H2. The van der Waals surface area contributed by atoms with Crippen LogP contribution >= 0.6 is 0 Å². The van der Waals surface area contributed by atoms with Crippen LogP contribution in [-0.2, 0) is 0 Å². The molecule has 2 rings (SSSR count).